The van der Waals surface area contributed by atoms with Crippen LogP contribution in [0.25, 0.3) is 0 Å². The SMILES string of the molecule is COc1ccc(O[C@@H](C)C(=O)NC(=O)NCc2ccccc2)cc1. The van der Waals surface area contributed by atoms with Crippen molar-refractivity contribution < 1.29 is 19.1 Å². The molecule has 0 heterocycles. The molecule has 24 heavy (non-hydrogen) atoms. The van der Waals surface area contributed by atoms with Gasteiger partial charge in [-0.25, -0.2) is 4.79 Å². The van der Waals surface area contributed by atoms with Crippen LogP contribution in [0.15, 0.2) is 54.6 Å². The monoisotopic (exact) mass is 328 g/mol. The minimum Gasteiger partial charge on any atom is -0.497 e. The second-order valence-electron chi connectivity index (χ2n) is 5.09. The van der Waals surface area contributed by atoms with Gasteiger partial charge in [0.2, 0.25) is 0 Å². The highest BCUT2D eigenvalue weighted by molar-refractivity contribution is 5.96. The van der Waals surface area contributed by atoms with E-state index >= 15 is 0 Å². The first-order valence-electron chi connectivity index (χ1n) is 7.52. The van der Waals surface area contributed by atoms with Crippen molar-refractivity contribution in [2.24, 2.45) is 0 Å². The third kappa shape index (κ3) is 5.31. The number of carbonyl (C=O) groups is 2. The van der Waals surface area contributed by atoms with E-state index in [2.05, 4.69) is 10.6 Å². The Bertz CT molecular complexity index is 671. The predicted molar refractivity (Wildman–Crippen MR) is 89.9 cm³/mol. The van der Waals surface area contributed by atoms with Crippen molar-refractivity contribution in [3.63, 3.8) is 0 Å². The molecule has 0 saturated carbocycles. The molecule has 1 atom stereocenters. The molecule has 0 fully saturated rings. The van der Waals surface area contributed by atoms with Gasteiger partial charge in [-0.05, 0) is 36.8 Å². The van der Waals surface area contributed by atoms with Crippen molar-refractivity contribution in [1.82, 2.24) is 10.6 Å². The number of imide groups is 1. The number of benzene rings is 2. The predicted octanol–water partition coefficient (Wildman–Crippen LogP) is 2.49. The Labute approximate surface area is 140 Å². The number of urea groups is 1. The lowest BCUT2D eigenvalue weighted by Gasteiger charge is -2.14. The fraction of sp³-hybridized carbons (Fsp3) is 0.222. The molecule has 0 saturated heterocycles. The first-order valence-corrected chi connectivity index (χ1v) is 7.52. The molecule has 0 aromatic heterocycles. The molecule has 2 aromatic rings. The standard InChI is InChI=1S/C18H20N2O4/c1-13(24-16-10-8-15(23-2)9-11-16)17(21)20-18(22)19-12-14-6-4-3-5-7-14/h3-11,13H,12H2,1-2H3,(H2,19,20,21,22)/t13-/m0/s1. The summed E-state index contributed by atoms with van der Waals surface area (Å²) in [6.45, 7) is 1.91. The number of carbonyl (C=O) groups excluding carboxylic acids is 2. The fourth-order valence-electron chi connectivity index (χ4n) is 1.95. The van der Waals surface area contributed by atoms with E-state index in [0.717, 1.165) is 5.56 Å². The molecule has 0 unspecified atom stereocenters. The molecule has 0 aliphatic carbocycles. The van der Waals surface area contributed by atoms with E-state index in [1.807, 2.05) is 30.3 Å². The smallest absolute Gasteiger partial charge is 0.321 e. The molecule has 126 valence electrons. The van der Waals surface area contributed by atoms with Crippen LogP contribution in [-0.2, 0) is 11.3 Å². The minimum atomic E-state index is -0.805. The molecule has 0 aliphatic rings. The van der Waals surface area contributed by atoms with Gasteiger partial charge in [-0.15, -0.1) is 0 Å². The summed E-state index contributed by atoms with van der Waals surface area (Å²) in [4.78, 5) is 23.7. The fourth-order valence-corrected chi connectivity index (χ4v) is 1.95. The zero-order chi connectivity index (χ0) is 17.4. The molecular weight excluding hydrogens is 308 g/mol. The quantitative estimate of drug-likeness (QED) is 0.854. The Morgan fingerprint density at radius 1 is 1.00 bits per heavy atom. The van der Waals surface area contributed by atoms with Crippen LogP contribution in [0.3, 0.4) is 0 Å². The van der Waals surface area contributed by atoms with E-state index in [1.165, 1.54) is 0 Å². The van der Waals surface area contributed by atoms with Gasteiger partial charge in [0, 0.05) is 6.54 Å². The summed E-state index contributed by atoms with van der Waals surface area (Å²) < 4.78 is 10.5. The van der Waals surface area contributed by atoms with Gasteiger partial charge in [-0.1, -0.05) is 30.3 Å². The van der Waals surface area contributed by atoms with Crippen LogP contribution in [0.2, 0.25) is 0 Å². The molecule has 2 rings (SSSR count). The van der Waals surface area contributed by atoms with Crippen LogP contribution in [0.1, 0.15) is 12.5 Å². The van der Waals surface area contributed by atoms with Crippen molar-refractivity contribution in [2.75, 3.05) is 7.11 Å². The van der Waals surface area contributed by atoms with Gasteiger partial charge in [0.05, 0.1) is 7.11 Å². The first-order chi connectivity index (χ1) is 11.6. The van der Waals surface area contributed by atoms with Gasteiger partial charge in [0.1, 0.15) is 11.5 Å². The van der Waals surface area contributed by atoms with Gasteiger partial charge >= 0.3 is 6.03 Å². The summed E-state index contributed by atoms with van der Waals surface area (Å²) in [6, 6.07) is 15.7. The number of amides is 3. The zero-order valence-electron chi connectivity index (χ0n) is 13.6. The minimum absolute atomic E-state index is 0.341. The summed E-state index contributed by atoms with van der Waals surface area (Å²) in [6.07, 6.45) is -0.805. The van der Waals surface area contributed by atoms with Crippen molar-refractivity contribution in [3.8, 4) is 11.5 Å². The van der Waals surface area contributed by atoms with Crippen LogP contribution < -0.4 is 20.1 Å². The lowest BCUT2D eigenvalue weighted by molar-refractivity contribution is -0.126. The van der Waals surface area contributed by atoms with Crippen LogP contribution >= 0.6 is 0 Å². The summed E-state index contributed by atoms with van der Waals surface area (Å²) in [5.74, 6) is 0.694. The van der Waals surface area contributed by atoms with Crippen molar-refractivity contribution in [1.29, 1.82) is 0 Å². The molecule has 0 bridgehead atoms. The van der Waals surface area contributed by atoms with E-state index in [4.69, 9.17) is 9.47 Å². The van der Waals surface area contributed by atoms with Crippen LogP contribution in [0, 0.1) is 0 Å². The maximum Gasteiger partial charge on any atom is 0.321 e. The Kier molecular flexibility index (Phi) is 6.19. The number of hydrogen-bond donors (Lipinski definition) is 2. The second-order valence-corrected chi connectivity index (χ2v) is 5.09. The highest BCUT2D eigenvalue weighted by Gasteiger charge is 2.17. The van der Waals surface area contributed by atoms with E-state index in [9.17, 15) is 9.59 Å². The van der Waals surface area contributed by atoms with E-state index in [-0.39, 0.29) is 0 Å². The summed E-state index contributed by atoms with van der Waals surface area (Å²) >= 11 is 0. The van der Waals surface area contributed by atoms with Crippen molar-refractivity contribution >= 4 is 11.9 Å². The van der Waals surface area contributed by atoms with Gasteiger partial charge < -0.3 is 14.8 Å². The van der Waals surface area contributed by atoms with Gasteiger partial charge in [-0.3, -0.25) is 10.1 Å². The maximum absolute atomic E-state index is 12.0. The van der Waals surface area contributed by atoms with Gasteiger partial charge in [-0.2, -0.15) is 0 Å². The second kappa shape index (κ2) is 8.57. The average Bonchev–Trinajstić information content (AvgIpc) is 2.61. The van der Waals surface area contributed by atoms with Gasteiger partial charge in [0.15, 0.2) is 6.10 Å². The summed E-state index contributed by atoms with van der Waals surface area (Å²) in [7, 11) is 1.57. The molecule has 0 radical (unpaired) electrons. The van der Waals surface area contributed by atoms with E-state index < -0.39 is 18.0 Å². The maximum atomic E-state index is 12.0. The highest BCUT2D eigenvalue weighted by Crippen LogP contribution is 2.18. The third-order valence-corrected chi connectivity index (χ3v) is 3.27. The first kappa shape index (κ1) is 17.3. The largest absolute Gasteiger partial charge is 0.497 e. The van der Waals surface area contributed by atoms with Crippen LogP contribution in [0.5, 0.6) is 11.5 Å². The van der Waals surface area contributed by atoms with Crippen LogP contribution in [0.4, 0.5) is 4.79 Å². The number of nitrogens with one attached hydrogen (secondary N) is 2. The Morgan fingerprint density at radius 3 is 2.25 bits per heavy atom. The van der Waals surface area contributed by atoms with Crippen molar-refractivity contribution in [2.45, 2.75) is 19.6 Å². The number of rotatable bonds is 6. The van der Waals surface area contributed by atoms with Gasteiger partial charge in [0.25, 0.3) is 5.91 Å². The lowest BCUT2D eigenvalue weighted by atomic mass is 10.2. The van der Waals surface area contributed by atoms with E-state index in [1.54, 1.807) is 38.3 Å². The number of ether oxygens (including phenoxy) is 2. The van der Waals surface area contributed by atoms with Crippen molar-refractivity contribution in [3.05, 3.63) is 60.2 Å². The third-order valence-electron chi connectivity index (χ3n) is 3.27. The molecule has 3 amide bonds. The molecule has 2 N–H and O–H groups in total. The number of hydrogen-bond acceptors (Lipinski definition) is 4. The molecule has 6 heteroatoms. The van der Waals surface area contributed by atoms with Crippen LogP contribution in [-0.4, -0.2) is 25.2 Å². The van der Waals surface area contributed by atoms with E-state index in [0.29, 0.717) is 18.0 Å². The topological polar surface area (TPSA) is 76.7 Å². The Morgan fingerprint density at radius 2 is 1.62 bits per heavy atom. The Hall–Kier alpha value is -3.02. The molecular formula is C18H20N2O4. The Balaban J connectivity index is 1.78. The molecule has 0 spiro atoms. The molecule has 2 aromatic carbocycles. The lowest BCUT2D eigenvalue weighted by Crippen LogP contribution is -2.44. The zero-order valence-corrected chi connectivity index (χ0v) is 13.6. The summed E-state index contributed by atoms with van der Waals surface area (Å²) in [5.41, 5.74) is 0.947. The molecule has 6 nitrogen and oxygen atoms in total. The summed E-state index contributed by atoms with van der Waals surface area (Å²) in [5, 5.41) is 4.87. The average molecular weight is 328 g/mol. The number of methoxy groups -OCH3 is 1. The molecule has 0 aliphatic heterocycles. The highest BCUT2D eigenvalue weighted by atomic mass is 16.5. The normalized spacial score (nSPS) is 11.2.